The van der Waals surface area contributed by atoms with Crippen LogP contribution in [0.1, 0.15) is 57.2 Å². The van der Waals surface area contributed by atoms with Crippen LogP contribution in [0, 0.1) is 0 Å². The molecule has 2 heteroatoms. The third-order valence-corrected chi connectivity index (χ3v) is 4.74. The maximum atomic E-state index is 10.00. The first-order valence-electron chi connectivity index (χ1n) is 7.01. The first-order chi connectivity index (χ1) is 8.47. The van der Waals surface area contributed by atoms with Crippen molar-refractivity contribution >= 4 is 0 Å². The molecule has 1 aromatic rings. The van der Waals surface area contributed by atoms with Crippen LogP contribution >= 0.6 is 0 Å². The van der Waals surface area contributed by atoms with Crippen molar-refractivity contribution in [2.45, 2.75) is 58.0 Å². The van der Waals surface area contributed by atoms with Crippen molar-refractivity contribution in [2.75, 3.05) is 7.05 Å². The monoisotopic (exact) mass is 247 g/mol. The molecule has 0 aliphatic heterocycles. The Bertz CT molecular complexity index is 425. The van der Waals surface area contributed by atoms with E-state index >= 15 is 0 Å². The summed E-state index contributed by atoms with van der Waals surface area (Å²) in [6, 6.07) is 6.41. The highest BCUT2D eigenvalue weighted by Crippen LogP contribution is 2.40. The van der Waals surface area contributed by atoms with Crippen LogP contribution in [0.25, 0.3) is 0 Å². The first kappa shape index (κ1) is 13.4. The summed E-state index contributed by atoms with van der Waals surface area (Å²) in [5.74, 6) is 0.472. The molecule has 1 unspecified atom stereocenters. The fourth-order valence-electron chi connectivity index (χ4n) is 2.88. The lowest BCUT2D eigenvalue weighted by Gasteiger charge is -2.43. The minimum atomic E-state index is 0.199. The number of phenolic OH excluding ortho intramolecular Hbond substituents is 1. The van der Waals surface area contributed by atoms with E-state index in [1.54, 1.807) is 0 Å². The van der Waals surface area contributed by atoms with E-state index in [1.807, 2.05) is 12.1 Å². The van der Waals surface area contributed by atoms with Gasteiger partial charge in [0.05, 0.1) is 0 Å². The van der Waals surface area contributed by atoms with Gasteiger partial charge in [-0.25, -0.2) is 0 Å². The van der Waals surface area contributed by atoms with Crippen LogP contribution in [0.2, 0.25) is 0 Å². The van der Waals surface area contributed by atoms with E-state index in [4.69, 9.17) is 0 Å². The summed E-state index contributed by atoms with van der Waals surface area (Å²) >= 11 is 0. The third-order valence-electron chi connectivity index (χ3n) is 4.74. The van der Waals surface area contributed by atoms with Crippen molar-refractivity contribution in [3.63, 3.8) is 0 Å². The molecular weight excluding hydrogens is 222 g/mol. The van der Waals surface area contributed by atoms with E-state index < -0.39 is 0 Å². The molecule has 2 rings (SSSR count). The van der Waals surface area contributed by atoms with E-state index in [-0.39, 0.29) is 5.54 Å². The van der Waals surface area contributed by atoms with Gasteiger partial charge in [-0.1, -0.05) is 19.1 Å². The number of rotatable bonds is 3. The second kappa shape index (κ2) is 4.93. The Labute approximate surface area is 111 Å². The normalized spacial score (nSPS) is 19.9. The summed E-state index contributed by atoms with van der Waals surface area (Å²) in [5, 5.41) is 10.00. The van der Waals surface area contributed by atoms with Crippen LogP contribution < -0.4 is 0 Å². The molecule has 18 heavy (non-hydrogen) atoms. The van der Waals surface area contributed by atoms with Gasteiger partial charge in [0, 0.05) is 11.6 Å². The van der Waals surface area contributed by atoms with Crippen LogP contribution in [-0.2, 0) is 6.42 Å². The zero-order chi connectivity index (χ0) is 13.3. The number of aromatic hydroxyl groups is 1. The van der Waals surface area contributed by atoms with Gasteiger partial charge >= 0.3 is 0 Å². The molecule has 1 aromatic carbocycles. The number of hydrogen-bond acceptors (Lipinski definition) is 2. The standard InChI is InChI=1S/C16H25NO/c1-5-16(2,3)17(4)14-10-6-9-13-12(14)8-7-11-15(13)18/h7-8,11,14,18H,5-6,9-10H2,1-4H3. The molecule has 1 aliphatic carbocycles. The van der Waals surface area contributed by atoms with Crippen LogP contribution in [0.5, 0.6) is 5.75 Å². The van der Waals surface area contributed by atoms with Gasteiger partial charge in [-0.05, 0) is 63.8 Å². The molecule has 0 bridgehead atoms. The fourth-order valence-corrected chi connectivity index (χ4v) is 2.88. The van der Waals surface area contributed by atoms with Crippen LogP contribution in [0.15, 0.2) is 18.2 Å². The molecule has 2 nitrogen and oxygen atoms in total. The van der Waals surface area contributed by atoms with Gasteiger partial charge in [0.25, 0.3) is 0 Å². The maximum absolute atomic E-state index is 10.00. The van der Waals surface area contributed by atoms with Crippen molar-refractivity contribution in [1.29, 1.82) is 0 Å². The Hall–Kier alpha value is -1.02. The summed E-state index contributed by atoms with van der Waals surface area (Å²) in [7, 11) is 2.22. The fraction of sp³-hybridized carbons (Fsp3) is 0.625. The lowest BCUT2D eigenvalue weighted by atomic mass is 9.84. The molecule has 0 aromatic heterocycles. The predicted molar refractivity (Wildman–Crippen MR) is 75.9 cm³/mol. The SMILES string of the molecule is CCC(C)(C)N(C)C1CCCc2c(O)cccc21. The number of phenols is 1. The second-order valence-corrected chi connectivity index (χ2v) is 6.03. The molecule has 0 heterocycles. The van der Waals surface area contributed by atoms with Crippen molar-refractivity contribution in [1.82, 2.24) is 4.90 Å². The average Bonchev–Trinajstić information content (AvgIpc) is 2.38. The highest BCUT2D eigenvalue weighted by atomic mass is 16.3. The number of benzene rings is 1. The molecular formula is C16H25NO. The predicted octanol–water partition coefficient (Wildman–Crippen LogP) is 3.89. The lowest BCUT2D eigenvalue weighted by molar-refractivity contribution is 0.0862. The molecule has 0 saturated carbocycles. The van der Waals surface area contributed by atoms with Crippen LogP contribution in [-0.4, -0.2) is 22.6 Å². The van der Waals surface area contributed by atoms with Gasteiger partial charge in [0.15, 0.2) is 0 Å². The largest absolute Gasteiger partial charge is 0.508 e. The quantitative estimate of drug-likeness (QED) is 0.876. The van der Waals surface area contributed by atoms with Gasteiger partial charge in [0.1, 0.15) is 5.75 Å². The van der Waals surface area contributed by atoms with E-state index in [1.165, 1.54) is 18.4 Å². The minimum absolute atomic E-state index is 0.199. The molecule has 0 amide bonds. The highest BCUT2D eigenvalue weighted by Gasteiger charge is 2.32. The number of hydrogen-bond donors (Lipinski definition) is 1. The molecule has 0 saturated heterocycles. The zero-order valence-electron chi connectivity index (χ0n) is 12.0. The van der Waals surface area contributed by atoms with Crippen molar-refractivity contribution in [3.8, 4) is 5.75 Å². The molecule has 0 spiro atoms. The average molecular weight is 247 g/mol. The minimum Gasteiger partial charge on any atom is -0.508 e. The Kier molecular flexibility index (Phi) is 3.67. The van der Waals surface area contributed by atoms with Gasteiger partial charge in [-0.15, -0.1) is 0 Å². The van der Waals surface area contributed by atoms with Gasteiger partial charge in [-0.2, -0.15) is 0 Å². The molecule has 1 aliphatic rings. The number of nitrogens with zero attached hydrogens (tertiary/aromatic N) is 1. The lowest BCUT2D eigenvalue weighted by Crippen LogP contribution is -2.43. The van der Waals surface area contributed by atoms with E-state index in [0.29, 0.717) is 11.8 Å². The smallest absolute Gasteiger partial charge is 0.119 e. The Morgan fingerprint density at radius 1 is 1.39 bits per heavy atom. The van der Waals surface area contributed by atoms with Crippen LogP contribution in [0.4, 0.5) is 0 Å². The van der Waals surface area contributed by atoms with E-state index in [0.717, 1.165) is 18.4 Å². The van der Waals surface area contributed by atoms with Gasteiger partial charge in [0.2, 0.25) is 0 Å². The first-order valence-corrected chi connectivity index (χ1v) is 7.01. The Morgan fingerprint density at radius 3 is 2.78 bits per heavy atom. The van der Waals surface area contributed by atoms with Crippen molar-refractivity contribution in [3.05, 3.63) is 29.3 Å². The van der Waals surface area contributed by atoms with Gasteiger partial charge < -0.3 is 5.11 Å². The summed E-state index contributed by atoms with van der Waals surface area (Å²) in [4.78, 5) is 2.48. The molecule has 100 valence electrons. The Morgan fingerprint density at radius 2 is 2.11 bits per heavy atom. The molecule has 1 atom stereocenters. The van der Waals surface area contributed by atoms with Crippen molar-refractivity contribution in [2.24, 2.45) is 0 Å². The Balaban J connectivity index is 2.36. The highest BCUT2D eigenvalue weighted by molar-refractivity contribution is 5.42. The zero-order valence-corrected chi connectivity index (χ0v) is 12.0. The maximum Gasteiger partial charge on any atom is 0.119 e. The molecule has 0 fully saturated rings. The molecule has 1 N–H and O–H groups in total. The van der Waals surface area contributed by atoms with Gasteiger partial charge in [-0.3, -0.25) is 4.90 Å². The number of fused-ring (bicyclic) bond motifs is 1. The summed E-state index contributed by atoms with van der Waals surface area (Å²) < 4.78 is 0. The summed E-state index contributed by atoms with van der Waals surface area (Å²) in [6.45, 7) is 6.83. The van der Waals surface area contributed by atoms with Crippen LogP contribution in [0.3, 0.4) is 0 Å². The third kappa shape index (κ3) is 2.26. The van der Waals surface area contributed by atoms with Crippen molar-refractivity contribution < 1.29 is 5.11 Å². The second-order valence-electron chi connectivity index (χ2n) is 6.03. The van der Waals surface area contributed by atoms with E-state index in [9.17, 15) is 5.11 Å². The van der Waals surface area contributed by atoms with E-state index in [2.05, 4.69) is 38.8 Å². The topological polar surface area (TPSA) is 23.5 Å². The molecule has 0 radical (unpaired) electrons. The summed E-state index contributed by atoms with van der Waals surface area (Å²) in [6.07, 6.45) is 4.50. The summed E-state index contributed by atoms with van der Waals surface area (Å²) in [5.41, 5.74) is 2.68.